The lowest BCUT2D eigenvalue weighted by molar-refractivity contribution is 0.101. The number of benzene rings is 1. The Morgan fingerprint density at radius 1 is 1.22 bits per heavy atom. The first-order valence-corrected chi connectivity index (χ1v) is 10.2. The van der Waals surface area contributed by atoms with Crippen molar-refractivity contribution in [2.45, 2.75) is 35.6 Å². The first kappa shape index (κ1) is 18.1. The molecule has 7 nitrogen and oxygen atoms in total. The highest BCUT2D eigenvalue weighted by Crippen LogP contribution is 2.35. The number of halogens is 1. The summed E-state index contributed by atoms with van der Waals surface area (Å²) >= 11 is 2.53. The maximum absolute atomic E-state index is 12.4. The quantitative estimate of drug-likeness (QED) is 0.454. The summed E-state index contributed by atoms with van der Waals surface area (Å²) < 4.78 is 8.29. The van der Waals surface area contributed by atoms with Crippen LogP contribution >= 0.6 is 22.6 Å². The largest absolute Gasteiger partial charge is 0.494 e. The van der Waals surface area contributed by atoms with E-state index in [1.54, 1.807) is 13.2 Å². The maximum atomic E-state index is 12.4. The minimum absolute atomic E-state index is 0.117. The van der Waals surface area contributed by atoms with Crippen molar-refractivity contribution in [2.24, 2.45) is 0 Å². The van der Waals surface area contributed by atoms with E-state index >= 15 is 0 Å². The third-order valence-corrected chi connectivity index (χ3v) is 6.11. The summed E-state index contributed by atoms with van der Waals surface area (Å²) in [6, 6.07) is 5.86. The van der Waals surface area contributed by atoms with Gasteiger partial charge in [0, 0.05) is 34.0 Å². The van der Waals surface area contributed by atoms with Crippen LogP contribution in [-0.2, 0) is 0 Å². The first-order chi connectivity index (χ1) is 13.1. The van der Waals surface area contributed by atoms with Crippen LogP contribution in [0.2, 0.25) is 0 Å². The van der Waals surface area contributed by atoms with Gasteiger partial charge in [0.2, 0.25) is 5.82 Å². The van der Waals surface area contributed by atoms with Crippen molar-refractivity contribution in [1.29, 1.82) is 0 Å². The standard InChI is InChI=1S/C19H20IN5O2/c1-27-17-10-15-12(11-25(24-15)14-5-3-13(20)4-6-14)9-16(17)23-19(26)18-21-7-2-8-22-18/h2,7-11,13-14H,3-6H2,1H3,(H,23,26). The normalized spacial score (nSPS) is 19.8. The van der Waals surface area contributed by atoms with E-state index in [-0.39, 0.29) is 11.7 Å². The third kappa shape index (κ3) is 3.90. The molecule has 0 saturated heterocycles. The summed E-state index contributed by atoms with van der Waals surface area (Å²) in [6.07, 6.45) is 9.88. The lowest BCUT2D eigenvalue weighted by atomic mass is 9.96. The van der Waals surface area contributed by atoms with Crippen molar-refractivity contribution < 1.29 is 9.53 Å². The number of alkyl halides is 1. The van der Waals surface area contributed by atoms with Crippen LogP contribution in [-0.4, -0.2) is 36.7 Å². The fraction of sp³-hybridized carbons (Fsp3) is 0.368. The second-order valence-corrected chi connectivity index (χ2v) is 8.41. The van der Waals surface area contributed by atoms with Crippen LogP contribution in [0.15, 0.2) is 36.8 Å². The van der Waals surface area contributed by atoms with Crippen LogP contribution < -0.4 is 10.1 Å². The van der Waals surface area contributed by atoms with Crippen molar-refractivity contribution in [3.63, 3.8) is 0 Å². The predicted molar refractivity (Wildman–Crippen MR) is 112 cm³/mol. The number of amides is 1. The molecule has 1 amide bonds. The molecule has 0 unspecified atom stereocenters. The smallest absolute Gasteiger partial charge is 0.293 e. The molecule has 27 heavy (non-hydrogen) atoms. The molecule has 140 valence electrons. The number of aromatic nitrogens is 4. The highest BCUT2D eigenvalue weighted by molar-refractivity contribution is 14.1. The predicted octanol–water partition coefficient (Wildman–Crippen LogP) is 4.01. The number of rotatable bonds is 4. The molecule has 3 aromatic rings. The molecular weight excluding hydrogens is 457 g/mol. The molecule has 0 aliphatic heterocycles. The highest BCUT2D eigenvalue weighted by Gasteiger charge is 2.22. The van der Waals surface area contributed by atoms with Crippen LogP contribution in [0.4, 0.5) is 5.69 Å². The van der Waals surface area contributed by atoms with Crippen LogP contribution in [0.25, 0.3) is 10.9 Å². The number of anilines is 1. The zero-order valence-electron chi connectivity index (χ0n) is 14.9. The van der Waals surface area contributed by atoms with Gasteiger partial charge in [0.1, 0.15) is 5.75 Å². The summed E-state index contributed by atoms with van der Waals surface area (Å²) in [5, 5.41) is 8.55. The van der Waals surface area contributed by atoms with Gasteiger partial charge in [0.25, 0.3) is 5.91 Å². The molecule has 4 rings (SSSR count). The van der Waals surface area contributed by atoms with Gasteiger partial charge in [-0.15, -0.1) is 0 Å². The first-order valence-electron chi connectivity index (χ1n) is 8.93. The van der Waals surface area contributed by atoms with Gasteiger partial charge in [-0.2, -0.15) is 5.10 Å². The molecule has 1 saturated carbocycles. The van der Waals surface area contributed by atoms with Gasteiger partial charge >= 0.3 is 0 Å². The highest BCUT2D eigenvalue weighted by atomic mass is 127. The Morgan fingerprint density at radius 3 is 2.67 bits per heavy atom. The number of fused-ring (bicyclic) bond motifs is 1. The van der Waals surface area contributed by atoms with Crippen LogP contribution in [0.1, 0.15) is 42.3 Å². The minimum atomic E-state index is -0.374. The molecular formula is C19H20IN5O2. The van der Waals surface area contributed by atoms with Gasteiger partial charge in [0.15, 0.2) is 0 Å². The molecule has 0 atom stereocenters. The summed E-state index contributed by atoms with van der Waals surface area (Å²) in [5.74, 6) is 0.305. The number of methoxy groups -OCH3 is 1. The number of hydrogen-bond acceptors (Lipinski definition) is 5. The zero-order valence-corrected chi connectivity index (χ0v) is 17.1. The van der Waals surface area contributed by atoms with Crippen molar-refractivity contribution in [3.8, 4) is 5.75 Å². The number of ether oxygens (including phenoxy) is 1. The van der Waals surface area contributed by atoms with E-state index in [0.29, 0.717) is 17.5 Å². The van der Waals surface area contributed by atoms with E-state index < -0.39 is 0 Å². The van der Waals surface area contributed by atoms with Gasteiger partial charge < -0.3 is 10.1 Å². The minimum Gasteiger partial charge on any atom is -0.494 e. The number of hydrogen-bond donors (Lipinski definition) is 1. The van der Waals surface area contributed by atoms with E-state index in [1.807, 2.05) is 12.1 Å². The molecule has 0 spiro atoms. The fourth-order valence-corrected chi connectivity index (χ4v) is 4.14. The monoisotopic (exact) mass is 477 g/mol. The molecule has 1 aliphatic carbocycles. The topological polar surface area (TPSA) is 81.9 Å². The summed E-state index contributed by atoms with van der Waals surface area (Å²) in [7, 11) is 1.58. The third-order valence-electron chi connectivity index (χ3n) is 4.86. The van der Waals surface area contributed by atoms with Gasteiger partial charge in [-0.05, 0) is 37.8 Å². The van der Waals surface area contributed by atoms with E-state index in [1.165, 1.54) is 25.2 Å². The number of nitrogens with zero attached hydrogens (tertiary/aromatic N) is 4. The number of carbonyl (C=O) groups is 1. The van der Waals surface area contributed by atoms with Crippen molar-refractivity contribution in [1.82, 2.24) is 19.7 Å². The lowest BCUT2D eigenvalue weighted by Gasteiger charge is -2.25. The Morgan fingerprint density at radius 2 is 1.96 bits per heavy atom. The average molecular weight is 477 g/mol. The Bertz CT molecular complexity index is 951. The Kier molecular flexibility index (Phi) is 5.24. The molecule has 8 heteroatoms. The van der Waals surface area contributed by atoms with Crippen molar-refractivity contribution >= 4 is 45.1 Å². The summed E-state index contributed by atoms with van der Waals surface area (Å²) in [5.41, 5.74) is 1.44. The number of carbonyl (C=O) groups excluding carboxylic acids is 1. The fourth-order valence-electron chi connectivity index (χ4n) is 3.42. The van der Waals surface area contributed by atoms with E-state index in [2.05, 4.69) is 48.8 Å². The van der Waals surface area contributed by atoms with Gasteiger partial charge in [-0.1, -0.05) is 22.6 Å². The Balaban J connectivity index is 1.62. The molecule has 0 radical (unpaired) electrons. The molecule has 1 fully saturated rings. The molecule has 1 aromatic carbocycles. The number of nitrogens with one attached hydrogen (secondary N) is 1. The summed E-state index contributed by atoms with van der Waals surface area (Å²) in [4.78, 5) is 20.4. The van der Waals surface area contributed by atoms with Gasteiger partial charge in [-0.25, -0.2) is 9.97 Å². The average Bonchev–Trinajstić information content (AvgIpc) is 3.11. The van der Waals surface area contributed by atoms with Crippen LogP contribution in [0, 0.1) is 0 Å². The SMILES string of the molecule is COc1cc2nn(C3CCC(I)CC3)cc2cc1NC(=O)c1ncccn1. The second-order valence-electron chi connectivity index (χ2n) is 6.65. The van der Waals surface area contributed by atoms with Crippen molar-refractivity contribution in [3.05, 3.63) is 42.6 Å². The van der Waals surface area contributed by atoms with Crippen molar-refractivity contribution in [2.75, 3.05) is 12.4 Å². The van der Waals surface area contributed by atoms with E-state index in [0.717, 1.165) is 27.7 Å². The molecule has 1 N–H and O–H groups in total. The van der Waals surface area contributed by atoms with Gasteiger partial charge in [-0.3, -0.25) is 9.48 Å². The second kappa shape index (κ2) is 7.79. The van der Waals surface area contributed by atoms with E-state index in [9.17, 15) is 4.79 Å². The van der Waals surface area contributed by atoms with Gasteiger partial charge in [0.05, 0.1) is 24.4 Å². The van der Waals surface area contributed by atoms with Crippen LogP contribution in [0.5, 0.6) is 5.75 Å². The Hall–Kier alpha value is -2.23. The zero-order chi connectivity index (χ0) is 18.8. The van der Waals surface area contributed by atoms with E-state index in [4.69, 9.17) is 9.84 Å². The molecule has 0 bridgehead atoms. The maximum Gasteiger partial charge on any atom is 0.293 e. The molecule has 2 heterocycles. The lowest BCUT2D eigenvalue weighted by Crippen LogP contribution is -2.18. The van der Waals surface area contributed by atoms with Crippen LogP contribution in [0.3, 0.4) is 0 Å². The molecule has 1 aliphatic rings. The Labute approximate surface area is 170 Å². The molecule has 2 aromatic heterocycles. The summed E-state index contributed by atoms with van der Waals surface area (Å²) in [6.45, 7) is 0.